The molecule has 1 fully saturated rings. The molecule has 2 aromatic carbocycles. The number of aromatic nitrogens is 6. The Morgan fingerprint density at radius 2 is 1.98 bits per heavy atom. The predicted octanol–water partition coefficient (Wildman–Crippen LogP) is 5.41. The lowest BCUT2D eigenvalue weighted by Crippen LogP contribution is -2.58. The molecule has 1 aliphatic heterocycles. The zero-order valence-electron chi connectivity index (χ0n) is 23.0. The van der Waals surface area contributed by atoms with Gasteiger partial charge in [0.05, 0.1) is 22.9 Å². The number of ether oxygens (including phenoxy) is 1. The molecule has 0 spiro atoms. The summed E-state index contributed by atoms with van der Waals surface area (Å²) >= 11 is 6.87. The van der Waals surface area contributed by atoms with Crippen molar-refractivity contribution in [2.24, 2.45) is 7.05 Å². The molecule has 0 saturated carbocycles. The van der Waals surface area contributed by atoms with E-state index < -0.39 is 5.82 Å². The molecule has 6 rings (SSSR count). The Hall–Kier alpha value is -4.51. The van der Waals surface area contributed by atoms with Crippen LogP contribution in [-0.4, -0.2) is 65.9 Å². The number of H-pyrrole nitrogens is 1. The number of fused-ring (bicyclic) bond motifs is 2. The zero-order valence-corrected chi connectivity index (χ0v) is 23.8. The third-order valence-corrected chi connectivity index (χ3v) is 7.91. The Kier molecular flexibility index (Phi) is 6.61. The maximum absolute atomic E-state index is 16.7. The van der Waals surface area contributed by atoms with E-state index in [2.05, 4.69) is 26.9 Å². The molecule has 0 bridgehead atoms. The van der Waals surface area contributed by atoms with Crippen molar-refractivity contribution in [3.63, 3.8) is 0 Å². The number of hydrogen-bond acceptors (Lipinski definition) is 7. The highest BCUT2D eigenvalue weighted by Crippen LogP contribution is 2.43. The first-order valence-electron chi connectivity index (χ1n) is 13.2. The highest BCUT2D eigenvalue weighted by atomic mass is 35.5. The van der Waals surface area contributed by atoms with Crippen molar-refractivity contribution in [3.8, 4) is 23.0 Å². The van der Waals surface area contributed by atoms with Gasteiger partial charge >= 0.3 is 6.01 Å². The summed E-state index contributed by atoms with van der Waals surface area (Å²) in [5.74, 6) is 0.123. The summed E-state index contributed by atoms with van der Waals surface area (Å²) in [5, 5.41) is 12.6. The Morgan fingerprint density at radius 1 is 1.17 bits per heavy atom. The summed E-state index contributed by atoms with van der Waals surface area (Å²) in [6.45, 7) is 10.4. The summed E-state index contributed by atoms with van der Waals surface area (Å²) in [4.78, 5) is 25.6. The van der Waals surface area contributed by atoms with Gasteiger partial charge in [0, 0.05) is 60.2 Å². The van der Waals surface area contributed by atoms with Crippen LogP contribution in [0.3, 0.4) is 0 Å². The number of amides is 1. The van der Waals surface area contributed by atoms with Crippen LogP contribution >= 0.6 is 11.6 Å². The molecule has 12 heteroatoms. The number of nitrogens with one attached hydrogen (secondary N) is 1. The minimum Gasteiger partial charge on any atom is -0.405 e. The Balaban J connectivity index is 1.57. The first-order chi connectivity index (χ1) is 19.7. The molecule has 0 aliphatic carbocycles. The number of aryl methyl sites for hydroxylation is 2. The van der Waals surface area contributed by atoms with E-state index in [0.717, 1.165) is 16.5 Å². The van der Waals surface area contributed by atoms with Crippen molar-refractivity contribution in [2.75, 3.05) is 18.0 Å². The fourth-order valence-electron chi connectivity index (χ4n) is 5.51. The average molecular weight is 575 g/mol. The van der Waals surface area contributed by atoms with Crippen molar-refractivity contribution < 1.29 is 13.9 Å². The third-order valence-electron chi connectivity index (χ3n) is 7.61. The number of carbonyl (C=O) groups is 1. The average Bonchev–Trinajstić information content (AvgIpc) is 3.59. The summed E-state index contributed by atoms with van der Waals surface area (Å²) in [6, 6.07) is 6.83. The van der Waals surface area contributed by atoms with Gasteiger partial charge in [-0.1, -0.05) is 24.2 Å². The standard InChI is InChI=1S/C29H28ClFN8O2/c1-6-22(40)38-13-17(4)39(14-16(38)3)28-18-11-20(30)25(24-15(2)7-8-21-19(24)12-32-36-21)26(31)27(18)34-29(35-28)41-23-9-10-33-37(23)5/h6-12,16-17H,1,13-14H2,2-5H3,(H,32,36)/t16-,17+/m1/s1. The molecule has 1 amide bonds. The highest BCUT2D eigenvalue weighted by molar-refractivity contribution is 6.35. The largest absolute Gasteiger partial charge is 0.405 e. The maximum atomic E-state index is 16.7. The molecule has 210 valence electrons. The van der Waals surface area contributed by atoms with Crippen LogP contribution in [0.4, 0.5) is 10.2 Å². The molecule has 10 nitrogen and oxygen atoms in total. The van der Waals surface area contributed by atoms with Crippen molar-refractivity contribution in [1.82, 2.24) is 34.8 Å². The lowest BCUT2D eigenvalue weighted by Gasteiger charge is -2.44. The van der Waals surface area contributed by atoms with E-state index in [0.29, 0.717) is 35.7 Å². The smallest absolute Gasteiger partial charge is 0.325 e. The second kappa shape index (κ2) is 10.2. The van der Waals surface area contributed by atoms with Crippen LogP contribution in [0, 0.1) is 12.7 Å². The zero-order chi connectivity index (χ0) is 29.0. The molecule has 3 aromatic heterocycles. The van der Waals surface area contributed by atoms with Gasteiger partial charge in [-0.05, 0) is 44.5 Å². The van der Waals surface area contributed by atoms with E-state index in [1.54, 1.807) is 36.5 Å². The molecule has 4 heterocycles. The Morgan fingerprint density at radius 3 is 2.71 bits per heavy atom. The van der Waals surface area contributed by atoms with Gasteiger partial charge in [-0.3, -0.25) is 9.89 Å². The normalized spacial score (nSPS) is 17.4. The predicted molar refractivity (Wildman–Crippen MR) is 156 cm³/mol. The number of piperazine rings is 1. The third kappa shape index (κ3) is 4.46. The second-order valence-corrected chi connectivity index (χ2v) is 10.7. The molecular weight excluding hydrogens is 547 g/mol. The summed E-state index contributed by atoms with van der Waals surface area (Å²) in [6.07, 6.45) is 4.56. The minimum atomic E-state index is -0.594. The first-order valence-corrected chi connectivity index (χ1v) is 13.5. The molecule has 5 aromatic rings. The summed E-state index contributed by atoms with van der Waals surface area (Å²) in [5.41, 5.74) is 2.52. The molecule has 1 aliphatic rings. The molecule has 0 radical (unpaired) electrons. The van der Waals surface area contributed by atoms with E-state index >= 15 is 4.39 Å². The first kappa shape index (κ1) is 26.7. The summed E-state index contributed by atoms with van der Waals surface area (Å²) < 4.78 is 24.3. The van der Waals surface area contributed by atoms with Gasteiger partial charge in [0.25, 0.3) is 0 Å². The van der Waals surface area contributed by atoms with Crippen LogP contribution in [0.5, 0.6) is 11.9 Å². The van der Waals surface area contributed by atoms with Crippen LogP contribution in [0.15, 0.2) is 49.3 Å². The van der Waals surface area contributed by atoms with Crippen molar-refractivity contribution in [2.45, 2.75) is 32.9 Å². The van der Waals surface area contributed by atoms with E-state index in [9.17, 15) is 4.79 Å². The minimum absolute atomic E-state index is 0.0361. The van der Waals surface area contributed by atoms with E-state index in [-0.39, 0.29) is 40.1 Å². The number of benzene rings is 2. The number of nitrogens with zero attached hydrogens (tertiary/aromatic N) is 7. The molecule has 2 atom stereocenters. The van der Waals surface area contributed by atoms with Gasteiger partial charge in [-0.25, -0.2) is 9.07 Å². The van der Waals surface area contributed by atoms with Crippen molar-refractivity contribution >= 4 is 45.1 Å². The van der Waals surface area contributed by atoms with Gasteiger partial charge in [-0.15, -0.1) is 0 Å². The fraction of sp³-hybridized carbons (Fsp3) is 0.276. The number of rotatable bonds is 5. The van der Waals surface area contributed by atoms with Crippen molar-refractivity contribution in [1.29, 1.82) is 0 Å². The number of carbonyl (C=O) groups excluding carboxylic acids is 1. The van der Waals surface area contributed by atoms with Gasteiger partial charge in [0.1, 0.15) is 11.3 Å². The fourth-order valence-corrected chi connectivity index (χ4v) is 5.80. The van der Waals surface area contributed by atoms with Gasteiger partial charge in [-0.2, -0.15) is 20.2 Å². The Labute approximate surface area is 240 Å². The SMILES string of the molecule is C=CC(=O)N1C[C@H](C)N(c2nc(Oc3ccnn3C)nc3c(F)c(-c4c(C)ccc5[nH]ncc45)c(Cl)cc23)C[C@H]1C. The second-order valence-electron chi connectivity index (χ2n) is 10.3. The topological polar surface area (TPSA) is 105 Å². The number of anilines is 1. The molecular formula is C29H28ClFN8O2. The lowest BCUT2D eigenvalue weighted by atomic mass is 9.95. The van der Waals surface area contributed by atoms with E-state index in [4.69, 9.17) is 21.3 Å². The van der Waals surface area contributed by atoms with Crippen molar-refractivity contribution in [3.05, 3.63) is 65.7 Å². The maximum Gasteiger partial charge on any atom is 0.325 e. The quantitative estimate of drug-likeness (QED) is 0.280. The molecule has 0 unspecified atom stereocenters. The van der Waals surface area contributed by atoms with E-state index in [1.807, 2.05) is 37.8 Å². The highest BCUT2D eigenvalue weighted by Gasteiger charge is 2.34. The van der Waals surface area contributed by atoms with Crippen LogP contribution in [0.25, 0.3) is 32.9 Å². The lowest BCUT2D eigenvalue weighted by molar-refractivity contribution is -0.128. The van der Waals surface area contributed by atoms with Crippen LogP contribution < -0.4 is 9.64 Å². The van der Waals surface area contributed by atoms with Crippen LogP contribution in [0.1, 0.15) is 19.4 Å². The monoisotopic (exact) mass is 574 g/mol. The van der Waals surface area contributed by atoms with Crippen LogP contribution in [-0.2, 0) is 11.8 Å². The van der Waals surface area contributed by atoms with Gasteiger partial charge in [0.15, 0.2) is 5.82 Å². The van der Waals surface area contributed by atoms with Gasteiger partial charge in [0.2, 0.25) is 11.8 Å². The molecule has 1 saturated heterocycles. The van der Waals surface area contributed by atoms with E-state index in [1.165, 1.54) is 10.8 Å². The number of halogens is 2. The summed E-state index contributed by atoms with van der Waals surface area (Å²) in [7, 11) is 1.73. The number of hydrogen-bond donors (Lipinski definition) is 1. The molecule has 41 heavy (non-hydrogen) atoms. The number of aromatic amines is 1. The van der Waals surface area contributed by atoms with Gasteiger partial charge < -0.3 is 14.5 Å². The van der Waals surface area contributed by atoms with Crippen LogP contribution in [0.2, 0.25) is 5.02 Å². The molecule has 1 N–H and O–H groups in total. The Bertz CT molecular complexity index is 1830.